The van der Waals surface area contributed by atoms with Crippen LogP contribution in [0.1, 0.15) is 15.9 Å². The lowest BCUT2D eigenvalue weighted by atomic mass is 10.1. The molecule has 0 aliphatic carbocycles. The number of nitrogens with one attached hydrogen (secondary N) is 1. The first kappa shape index (κ1) is 16.0. The fourth-order valence-electron chi connectivity index (χ4n) is 1.94. The van der Waals surface area contributed by atoms with E-state index < -0.39 is 12.1 Å². The van der Waals surface area contributed by atoms with Crippen molar-refractivity contribution in [2.24, 2.45) is 5.73 Å². The van der Waals surface area contributed by atoms with Crippen LogP contribution in [0.15, 0.2) is 35.2 Å². The van der Waals surface area contributed by atoms with Crippen molar-refractivity contribution in [2.75, 3.05) is 19.6 Å². The number of hydrogen-bond donors (Lipinski definition) is 4. The minimum absolute atomic E-state index is 0.232. The highest BCUT2D eigenvalue weighted by Crippen LogP contribution is 2.23. The van der Waals surface area contributed by atoms with Gasteiger partial charge in [-0.15, -0.1) is 0 Å². The van der Waals surface area contributed by atoms with Crippen LogP contribution in [0.2, 0.25) is 0 Å². The molecule has 0 radical (unpaired) electrons. The van der Waals surface area contributed by atoms with Crippen LogP contribution >= 0.6 is 11.9 Å². The van der Waals surface area contributed by atoms with Crippen LogP contribution in [0.3, 0.4) is 0 Å². The Balaban J connectivity index is 1.72. The van der Waals surface area contributed by atoms with Gasteiger partial charge in [0.05, 0.1) is 11.7 Å². The highest BCUT2D eigenvalue weighted by molar-refractivity contribution is 8.00. The first-order chi connectivity index (χ1) is 10.1. The maximum atomic E-state index is 10.8. The number of carboxylic acid groups (broad SMARTS) is 1. The van der Waals surface area contributed by atoms with Crippen LogP contribution in [-0.2, 0) is 6.42 Å². The van der Waals surface area contributed by atoms with Crippen LogP contribution in [0.25, 0.3) is 0 Å². The number of rotatable bonds is 7. The van der Waals surface area contributed by atoms with E-state index in [0.717, 1.165) is 24.1 Å². The number of carboxylic acids is 1. The third-order valence-corrected chi connectivity index (χ3v) is 4.13. The lowest BCUT2D eigenvalue weighted by Crippen LogP contribution is -2.34. The Labute approximate surface area is 127 Å². The second-order valence-corrected chi connectivity index (χ2v) is 5.63. The third kappa shape index (κ3) is 4.55. The number of aromatic carboxylic acids is 1. The molecule has 1 aromatic rings. The van der Waals surface area contributed by atoms with E-state index in [1.807, 2.05) is 22.0 Å². The predicted molar refractivity (Wildman–Crippen MR) is 82.5 cm³/mol. The Morgan fingerprint density at radius 1 is 1.43 bits per heavy atom. The molecule has 1 aliphatic rings. The van der Waals surface area contributed by atoms with Crippen molar-refractivity contribution in [3.63, 3.8) is 0 Å². The maximum Gasteiger partial charge on any atom is 0.335 e. The van der Waals surface area contributed by atoms with E-state index >= 15 is 0 Å². The summed E-state index contributed by atoms with van der Waals surface area (Å²) in [7, 11) is 0. The van der Waals surface area contributed by atoms with Gasteiger partial charge in [0.2, 0.25) is 0 Å². The van der Waals surface area contributed by atoms with Crippen LogP contribution in [-0.4, -0.2) is 46.3 Å². The summed E-state index contributed by atoms with van der Waals surface area (Å²) in [5.41, 5.74) is 11.0. The zero-order valence-electron chi connectivity index (χ0n) is 11.5. The number of aliphatic hydroxyl groups is 1. The summed E-state index contributed by atoms with van der Waals surface area (Å²) < 4.78 is 1.94. The zero-order chi connectivity index (χ0) is 15.2. The molecule has 0 bridgehead atoms. The first-order valence-electron chi connectivity index (χ1n) is 6.67. The molecule has 5 N–H and O–H groups in total. The molecule has 1 heterocycles. The van der Waals surface area contributed by atoms with Gasteiger partial charge in [-0.05, 0) is 47.0 Å². The summed E-state index contributed by atoms with van der Waals surface area (Å²) >= 11 is 1.50. The third-order valence-electron chi connectivity index (χ3n) is 3.21. The summed E-state index contributed by atoms with van der Waals surface area (Å²) in [5, 5.41) is 20.4. The molecular weight excluding hydrogens is 290 g/mol. The predicted octanol–water partition coefficient (Wildman–Crippen LogP) is 0.599. The number of benzene rings is 1. The highest BCUT2D eigenvalue weighted by Gasteiger charge is 2.19. The Kier molecular flexibility index (Phi) is 5.77. The molecular formula is C14H19N3O3S. The average molecular weight is 309 g/mol. The van der Waals surface area contributed by atoms with Crippen molar-refractivity contribution >= 4 is 17.9 Å². The second kappa shape index (κ2) is 7.58. The van der Waals surface area contributed by atoms with E-state index in [2.05, 4.69) is 5.43 Å². The van der Waals surface area contributed by atoms with Crippen molar-refractivity contribution in [1.29, 1.82) is 0 Å². The minimum Gasteiger partial charge on any atom is -0.478 e. The van der Waals surface area contributed by atoms with E-state index in [9.17, 15) is 9.90 Å². The number of aliphatic hydroxyl groups excluding tert-OH is 1. The van der Waals surface area contributed by atoms with Gasteiger partial charge in [-0.2, -0.15) is 4.41 Å². The van der Waals surface area contributed by atoms with E-state index in [1.165, 1.54) is 11.9 Å². The smallest absolute Gasteiger partial charge is 0.335 e. The molecule has 0 amide bonds. The van der Waals surface area contributed by atoms with Gasteiger partial charge in [-0.3, -0.25) is 0 Å². The van der Waals surface area contributed by atoms with E-state index in [1.54, 1.807) is 12.1 Å². The minimum atomic E-state index is -0.912. The quantitative estimate of drug-likeness (QED) is 0.547. The van der Waals surface area contributed by atoms with Crippen molar-refractivity contribution in [1.82, 2.24) is 9.84 Å². The molecule has 0 aromatic heterocycles. The number of hydrogen-bond acceptors (Lipinski definition) is 6. The fraction of sp³-hybridized carbons (Fsp3) is 0.357. The molecule has 0 saturated carbocycles. The van der Waals surface area contributed by atoms with Crippen LogP contribution in [0.4, 0.5) is 0 Å². The average Bonchev–Trinajstić information content (AvgIpc) is 2.96. The molecule has 0 saturated heterocycles. The molecule has 7 heteroatoms. The first-order valence-corrected chi connectivity index (χ1v) is 7.51. The summed E-state index contributed by atoms with van der Waals surface area (Å²) in [5.74, 6) is -0.912. The van der Waals surface area contributed by atoms with Gasteiger partial charge in [0.1, 0.15) is 0 Å². The van der Waals surface area contributed by atoms with Gasteiger partial charge in [0, 0.05) is 19.6 Å². The van der Waals surface area contributed by atoms with Crippen LogP contribution in [0, 0.1) is 0 Å². The molecule has 2 rings (SSSR count). The molecule has 21 heavy (non-hydrogen) atoms. The SMILES string of the molecule is NCC(O)C1=CSN(NCCc2ccc(C(=O)O)cc2)C1. The van der Waals surface area contributed by atoms with Crippen molar-refractivity contribution in [3.8, 4) is 0 Å². The number of carbonyl (C=O) groups is 1. The van der Waals surface area contributed by atoms with Crippen molar-refractivity contribution in [2.45, 2.75) is 12.5 Å². The Morgan fingerprint density at radius 2 is 2.14 bits per heavy atom. The molecule has 1 aromatic carbocycles. The number of hydrazine groups is 1. The van der Waals surface area contributed by atoms with E-state index in [0.29, 0.717) is 12.1 Å². The van der Waals surface area contributed by atoms with Crippen molar-refractivity contribution < 1.29 is 15.0 Å². The number of nitrogens with zero attached hydrogens (tertiary/aromatic N) is 1. The second-order valence-electron chi connectivity index (χ2n) is 4.75. The molecule has 6 nitrogen and oxygen atoms in total. The molecule has 0 spiro atoms. The lowest BCUT2D eigenvalue weighted by molar-refractivity contribution is 0.0697. The van der Waals surface area contributed by atoms with Gasteiger partial charge < -0.3 is 15.9 Å². The van der Waals surface area contributed by atoms with Crippen LogP contribution in [0.5, 0.6) is 0 Å². The summed E-state index contributed by atoms with van der Waals surface area (Å²) in [6.45, 7) is 1.61. The highest BCUT2D eigenvalue weighted by atomic mass is 32.2. The van der Waals surface area contributed by atoms with E-state index in [-0.39, 0.29) is 6.54 Å². The summed E-state index contributed by atoms with van der Waals surface area (Å²) in [4.78, 5) is 10.8. The Morgan fingerprint density at radius 3 is 2.76 bits per heavy atom. The van der Waals surface area contributed by atoms with Gasteiger partial charge in [0.25, 0.3) is 0 Å². The Hall–Kier alpha value is -1.38. The summed E-state index contributed by atoms with van der Waals surface area (Å²) in [6, 6.07) is 6.87. The van der Waals surface area contributed by atoms with Gasteiger partial charge in [-0.1, -0.05) is 12.1 Å². The molecule has 114 valence electrons. The normalized spacial score (nSPS) is 16.8. The lowest BCUT2D eigenvalue weighted by Gasteiger charge is -2.17. The molecule has 1 aliphatic heterocycles. The maximum absolute atomic E-state index is 10.8. The monoisotopic (exact) mass is 309 g/mol. The van der Waals surface area contributed by atoms with Crippen LogP contribution < -0.4 is 11.2 Å². The standard InChI is InChI=1S/C14H19N3O3S/c15-7-13(18)12-8-17(21-9-12)16-6-5-10-1-3-11(4-2-10)14(19)20/h1-4,9,13,16,18H,5-8,15H2,(H,19,20). The molecule has 1 atom stereocenters. The van der Waals surface area contributed by atoms with Gasteiger partial charge in [0.15, 0.2) is 0 Å². The van der Waals surface area contributed by atoms with Gasteiger partial charge in [-0.25, -0.2) is 10.2 Å². The van der Waals surface area contributed by atoms with Crippen molar-refractivity contribution in [3.05, 3.63) is 46.4 Å². The summed E-state index contributed by atoms with van der Waals surface area (Å²) in [6.07, 6.45) is 0.221. The zero-order valence-corrected chi connectivity index (χ0v) is 12.3. The fourth-order valence-corrected chi connectivity index (χ4v) is 2.82. The topological polar surface area (TPSA) is 98.8 Å². The molecule has 0 fully saturated rings. The van der Waals surface area contributed by atoms with E-state index in [4.69, 9.17) is 10.8 Å². The Bertz CT molecular complexity index is 519. The molecule has 1 unspecified atom stereocenters. The largest absolute Gasteiger partial charge is 0.478 e. The van der Waals surface area contributed by atoms with Gasteiger partial charge >= 0.3 is 5.97 Å². The number of nitrogens with two attached hydrogens (primary N) is 1.